The van der Waals surface area contributed by atoms with Crippen LogP contribution in [0.1, 0.15) is 61.7 Å². The van der Waals surface area contributed by atoms with Gasteiger partial charge in [-0.2, -0.15) is 0 Å². The molecule has 4 rings (SSSR count). The molecule has 2 aliphatic carbocycles. The number of nitrogens with one attached hydrogen (secondary N) is 1. The molecule has 1 aromatic rings. The zero-order valence-electron chi connectivity index (χ0n) is 11.5. The summed E-state index contributed by atoms with van der Waals surface area (Å²) in [4.78, 5) is 0. The highest BCUT2D eigenvalue weighted by Crippen LogP contribution is 2.45. The van der Waals surface area contributed by atoms with Crippen LogP contribution in [0.25, 0.3) is 0 Å². The van der Waals surface area contributed by atoms with Crippen molar-refractivity contribution in [2.75, 3.05) is 13.1 Å². The Morgan fingerprint density at radius 3 is 2.53 bits per heavy atom. The molecule has 1 heterocycles. The Kier molecular flexibility index (Phi) is 2.89. The summed E-state index contributed by atoms with van der Waals surface area (Å²) in [7, 11) is 0. The van der Waals surface area contributed by atoms with Crippen LogP contribution in [0.5, 0.6) is 0 Å². The van der Waals surface area contributed by atoms with E-state index in [2.05, 4.69) is 29.6 Å². The SMILES string of the molecule is c1ccc(C2CNCC3(CCCC3)O2)c(C2CC2)c1. The fraction of sp³-hybridized carbons (Fsp3) is 0.647. The fourth-order valence-electron chi connectivity index (χ4n) is 3.87. The minimum Gasteiger partial charge on any atom is -0.364 e. The van der Waals surface area contributed by atoms with Crippen molar-refractivity contribution in [1.82, 2.24) is 5.32 Å². The topological polar surface area (TPSA) is 21.3 Å². The zero-order valence-corrected chi connectivity index (χ0v) is 11.5. The molecule has 1 saturated heterocycles. The van der Waals surface area contributed by atoms with E-state index in [0.29, 0.717) is 0 Å². The molecule has 1 aliphatic heterocycles. The van der Waals surface area contributed by atoms with Gasteiger partial charge in [-0.1, -0.05) is 37.1 Å². The maximum atomic E-state index is 6.58. The number of hydrogen-bond donors (Lipinski definition) is 1. The highest BCUT2D eigenvalue weighted by Gasteiger charge is 2.41. The fourth-order valence-corrected chi connectivity index (χ4v) is 3.87. The van der Waals surface area contributed by atoms with E-state index in [0.717, 1.165) is 19.0 Å². The monoisotopic (exact) mass is 257 g/mol. The van der Waals surface area contributed by atoms with Gasteiger partial charge in [-0.15, -0.1) is 0 Å². The highest BCUT2D eigenvalue weighted by atomic mass is 16.5. The van der Waals surface area contributed by atoms with E-state index in [-0.39, 0.29) is 11.7 Å². The normalized spacial score (nSPS) is 29.8. The van der Waals surface area contributed by atoms with Crippen LogP contribution in [0.2, 0.25) is 0 Å². The Balaban J connectivity index is 1.61. The zero-order chi connectivity index (χ0) is 12.7. The third-order valence-electron chi connectivity index (χ3n) is 5.04. The first kappa shape index (κ1) is 11.9. The Morgan fingerprint density at radius 2 is 1.79 bits per heavy atom. The molecule has 0 radical (unpaired) electrons. The van der Waals surface area contributed by atoms with Gasteiger partial charge in [0.25, 0.3) is 0 Å². The van der Waals surface area contributed by atoms with Crippen molar-refractivity contribution in [2.24, 2.45) is 0 Å². The van der Waals surface area contributed by atoms with Crippen LogP contribution >= 0.6 is 0 Å². The quantitative estimate of drug-likeness (QED) is 0.875. The average Bonchev–Trinajstić information content (AvgIpc) is 3.22. The van der Waals surface area contributed by atoms with Gasteiger partial charge in [0.15, 0.2) is 0 Å². The third-order valence-corrected chi connectivity index (χ3v) is 5.04. The lowest BCUT2D eigenvalue weighted by Crippen LogP contribution is -2.49. The number of ether oxygens (including phenoxy) is 1. The first-order valence-corrected chi connectivity index (χ1v) is 7.84. The molecule has 0 amide bonds. The van der Waals surface area contributed by atoms with Crippen LogP contribution in [0, 0.1) is 0 Å². The highest BCUT2D eigenvalue weighted by molar-refractivity contribution is 5.35. The third kappa shape index (κ3) is 2.21. The molecule has 2 heteroatoms. The molecule has 0 bridgehead atoms. The van der Waals surface area contributed by atoms with Crippen LogP contribution < -0.4 is 5.32 Å². The van der Waals surface area contributed by atoms with Gasteiger partial charge in [0.1, 0.15) is 0 Å². The minimum atomic E-state index is 0.138. The second-order valence-corrected chi connectivity index (χ2v) is 6.53. The lowest BCUT2D eigenvalue weighted by Gasteiger charge is -2.40. The van der Waals surface area contributed by atoms with Crippen LogP contribution in [0.4, 0.5) is 0 Å². The van der Waals surface area contributed by atoms with E-state index >= 15 is 0 Å². The lowest BCUT2D eigenvalue weighted by molar-refractivity contribution is -0.114. The molecule has 3 fully saturated rings. The van der Waals surface area contributed by atoms with E-state index < -0.39 is 0 Å². The second kappa shape index (κ2) is 4.60. The summed E-state index contributed by atoms with van der Waals surface area (Å²) in [6.07, 6.45) is 8.13. The van der Waals surface area contributed by atoms with Crippen molar-refractivity contribution >= 4 is 0 Å². The summed E-state index contributed by atoms with van der Waals surface area (Å²) in [5.41, 5.74) is 3.13. The van der Waals surface area contributed by atoms with Gasteiger partial charge in [0.05, 0.1) is 11.7 Å². The number of benzene rings is 1. The molecule has 1 unspecified atom stereocenters. The predicted molar refractivity (Wildman–Crippen MR) is 76.3 cm³/mol. The molecule has 1 atom stereocenters. The van der Waals surface area contributed by atoms with E-state index in [1.807, 2.05) is 0 Å². The molecule has 1 aromatic carbocycles. The minimum absolute atomic E-state index is 0.138. The van der Waals surface area contributed by atoms with E-state index in [1.165, 1.54) is 44.1 Å². The molecular formula is C17H23NO. The van der Waals surface area contributed by atoms with Crippen molar-refractivity contribution in [2.45, 2.75) is 56.1 Å². The van der Waals surface area contributed by atoms with Gasteiger partial charge < -0.3 is 10.1 Å². The molecule has 102 valence electrons. The van der Waals surface area contributed by atoms with Crippen molar-refractivity contribution in [3.63, 3.8) is 0 Å². The molecule has 1 N–H and O–H groups in total. The van der Waals surface area contributed by atoms with Crippen molar-refractivity contribution in [3.05, 3.63) is 35.4 Å². The summed E-state index contributed by atoms with van der Waals surface area (Å²) >= 11 is 0. The Hall–Kier alpha value is -0.860. The summed E-state index contributed by atoms with van der Waals surface area (Å²) in [6, 6.07) is 8.94. The van der Waals surface area contributed by atoms with Gasteiger partial charge >= 0.3 is 0 Å². The van der Waals surface area contributed by atoms with Gasteiger partial charge in [-0.25, -0.2) is 0 Å². The van der Waals surface area contributed by atoms with Crippen LogP contribution in [0.3, 0.4) is 0 Å². The van der Waals surface area contributed by atoms with Crippen LogP contribution in [-0.4, -0.2) is 18.7 Å². The Bertz CT molecular complexity index is 460. The molecule has 2 nitrogen and oxygen atoms in total. The molecule has 0 aromatic heterocycles. The van der Waals surface area contributed by atoms with Crippen LogP contribution in [-0.2, 0) is 4.74 Å². The second-order valence-electron chi connectivity index (χ2n) is 6.53. The molecular weight excluding hydrogens is 234 g/mol. The standard InChI is InChI=1S/C17H23NO/c1-2-6-15(14(5-1)13-7-8-13)16-11-18-12-17(19-16)9-3-4-10-17/h1-2,5-6,13,16,18H,3-4,7-12H2. The smallest absolute Gasteiger partial charge is 0.0960 e. The number of rotatable bonds is 2. The van der Waals surface area contributed by atoms with Gasteiger partial charge in [-0.05, 0) is 42.7 Å². The van der Waals surface area contributed by atoms with E-state index in [1.54, 1.807) is 5.56 Å². The maximum absolute atomic E-state index is 6.58. The van der Waals surface area contributed by atoms with E-state index in [4.69, 9.17) is 4.74 Å². The largest absolute Gasteiger partial charge is 0.364 e. The predicted octanol–water partition coefficient (Wildman–Crippen LogP) is 3.54. The molecule has 19 heavy (non-hydrogen) atoms. The number of hydrogen-bond acceptors (Lipinski definition) is 2. The van der Waals surface area contributed by atoms with Gasteiger partial charge in [0.2, 0.25) is 0 Å². The van der Waals surface area contributed by atoms with Crippen molar-refractivity contribution in [3.8, 4) is 0 Å². The van der Waals surface area contributed by atoms with Crippen LogP contribution in [0.15, 0.2) is 24.3 Å². The van der Waals surface area contributed by atoms with Gasteiger partial charge in [-0.3, -0.25) is 0 Å². The first-order chi connectivity index (χ1) is 9.36. The summed E-state index contributed by atoms with van der Waals surface area (Å²) in [5, 5.41) is 3.63. The summed E-state index contributed by atoms with van der Waals surface area (Å²) in [5.74, 6) is 0.807. The summed E-state index contributed by atoms with van der Waals surface area (Å²) < 4.78 is 6.58. The number of morpholine rings is 1. The Morgan fingerprint density at radius 1 is 1.05 bits per heavy atom. The molecule has 1 spiro atoms. The van der Waals surface area contributed by atoms with E-state index in [9.17, 15) is 0 Å². The molecule has 3 aliphatic rings. The summed E-state index contributed by atoms with van der Waals surface area (Å²) in [6.45, 7) is 2.03. The molecule has 2 saturated carbocycles. The van der Waals surface area contributed by atoms with Crippen molar-refractivity contribution in [1.29, 1.82) is 0 Å². The first-order valence-electron chi connectivity index (χ1n) is 7.84. The maximum Gasteiger partial charge on any atom is 0.0960 e. The van der Waals surface area contributed by atoms with Gasteiger partial charge in [0, 0.05) is 13.1 Å². The lowest BCUT2D eigenvalue weighted by atomic mass is 9.94. The Labute approximate surface area is 115 Å². The average molecular weight is 257 g/mol. The van der Waals surface area contributed by atoms with Crippen molar-refractivity contribution < 1.29 is 4.74 Å².